The zero-order valence-corrected chi connectivity index (χ0v) is 12.6. The fourth-order valence-electron chi connectivity index (χ4n) is 2.40. The van der Waals surface area contributed by atoms with E-state index in [1.54, 1.807) is 0 Å². The van der Waals surface area contributed by atoms with E-state index in [4.69, 9.17) is 0 Å². The van der Waals surface area contributed by atoms with E-state index in [1.165, 1.54) is 12.1 Å². The highest BCUT2D eigenvalue weighted by atomic mass is 32.2. The quantitative estimate of drug-likeness (QED) is 0.646. The van der Waals surface area contributed by atoms with Crippen LogP contribution in [0.2, 0.25) is 0 Å². The maximum absolute atomic E-state index is 11.5. The van der Waals surface area contributed by atoms with Gasteiger partial charge in [0.2, 0.25) is 0 Å². The summed E-state index contributed by atoms with van der Waals surface area (Å²) in [5.41, 5.74) is 0.175. The second-order valence-corrected chi connectivity index (χ2v) is 7.25. The molecule has 1 heterocycles. The molecule has 1 fully saturated rings. The van der Waals surface area contributed by atoms with Crippen LogP contribution in [-0.2, 0) is 9.84 Å². The molecule has 1 aromatic carbocycles. The molecule has 0 amide bonds. The van der Waals surface area contributed by atoms with E-state index >= 15 is 0 Å². The standard InChI is InChI=1S/C13H19N3O4S/c1-21(19,20)11-4-5-12(13(9-11)16(17)18)15-10-3-2-7-14-8-6-10/h4-5,9-10,14-15H,2-3,6-8H2,1H3. The lowest BCUT2D eigenvalue weighted by atomic mass is 10.1. The highest BCUT2D eigenvalue weighted by Crippen LogP contribution is 2.29. The SMILES string of the molecule is CS(=O)(=O)c1ccc(NC2CCCNCC2)c([N+](=O)[O-])c1. The largest absolute Gasteiger partial charge is 0.377 e. The van der Waals surface area contributed by atoms with Crippen molar-refractivity contribution in [3.05, 3.63) is 28.3 Å². The van der Waals surface area contributed by atoms with Crippen molar-refractivity contribution in [1.82, 2.24) is 5.32 Å². The molecule has 8 heteroatoms. The third-order valence-electron chi connectivity index (χ3n) is 3.53. The minimum atomic E-state index is -3.46. The molecule has 1 saturated heterocycles. The van der Waals surface area contributed by atoms with Crippen LogP contribution in [0, 0.1) is 10.1 Å². The van der Waals surface area contributed by atoms with Crippen molar-refractivity contribution in [1.29, 1.82) is 0 Å². The predicted octanol–water partition coefficient (Wildman–Crippen LogP) is 1.55. The third-order valence-corrected chi connectivity index (χ3v) is 4.64. The highest BCUT2D eigenvalue weighted by molar-refractivity contribution is 7.90. The van der Waals surface area contributed by atoms with E-state index in [1.807, 2.05) is 0 Å². The van der Waals surface area contributed by atoms with Gasteiger partial charge in [-0.25, -0.2) is 8.42 Å². The van der Waals surface area contributed by atoms with Gasteiger partial charge in [0.15, 0.2) is 9.84 Å². The Balaban J connectivity index is 2.28. The van der Waals surface area contributed by atoms with E-state index in [-0.39, 0.29) is 16.6 Å². The van der Waals surface area contributed by atoms with Gasteiger partial charge in [-0.05, 0) is 44.5 Å². The molecule has 0 aliphatic carbocycles. The van der Waals surface area contributed by atoms with Gasteiger partial charge in [0.1, 0.15) is 5.69 Å². The van der Waals surface area contributed by atoms with Crippen LogP contribution in [0.15, 0.2) is 23.1 Å². The summed E-state index contributed by atoms with van der Waals surface area (Å²) in [5, 5.41) is 17.6. The number of nitrogens with one attached hydrogen (secondary N) is 2. The second kappa shape index (κ2) is 6.40. The summed E-state index contributed by atoms with van der Waals surface area (Å²) in [6, 6.07) is 4.15. The van der Waals surface area contributed by atoms with Crippen molar-refractivity contribution in [2.75, 3.05) is 24.7 Å². The summed E-state index contributed by atoms with van der Waals surface area (Å²) < 4.78 is 23.0. The highest BCUT2D eigenvalue weighted by Gasteiger charge is 2.21. The van der Waals surface area contributed by atoms with Gasteiger partial charge < -0.3 is 10.6 Å². The number of rotatable bonds is 4. The zero-order valence-electron chi connectivity index (χ0n) is 11.8. The Kier molecular flexibility index (Phi) is 4.79. The van der Waals surface area contributed by atoms with Crippen LogP contribution in [-0.4, -0.2) is 38.7 Å². The average molecular weight is 313 g/mol. The minimum absolute atomic E-state index is 0.0396. The van der Waals surface area contributed by atoms with Gasteiger partial charge in [0.25, 0.3) is 5.69 Å². The molecule has 2 N–H and O–H groups in total. The molecule has 2 rings (SSSR count). The van der Waals surface area contributed by atoms with Crippen LogP contribution in [0.5, 0.6) is 0 Å². The molecule has 0 spiro atoms. The van der Waals surface area contributed by atoms with Gasteiger partial charge in [-0.1, -0.05) is 0 Å². The molecule has 1 aliphatic rings. The molecule has 1 atom stereocenters. The van der Waals surface area contributed by atoms with Crippen molar-refractivity contribution in [2.45, 2.75) is 30.2 Å². The summed E-state index contributed by atoms with van der Waals surface area (Å²) in [7, 11) is -3.46. The van der Waals surface area contributed by atoms with Crippen LogP contribution >= 0.6 is 0 Å². The number of nitrogens with zero attached hydrogens (tertiary/aromatic N) is 1. The normalized spacial score (nSPS) is 19.8. The molecule has 1 aromatic rings. The Bertz CT molecular complexity index is 622. The van der Waals surface area contributed by atoms with Gasteiger partial charge in [-0.3, -0.25) is 10.1 Å². The number of hydrogen-bond acceptors (Lipinski definition) is 6. The van der Waals surface area contributed by atoms with E-state index in [2.05, 4.69) is 10.6 Å². The first-order valence-corrected chi connectivity index (χ1v) is 8.73. The first-order valence-electron chi connectivity index (χ1n) is 6.83. The molecule has 116 valence electrons. The number of nitro benzene ring substituents is 1. The lowest BCUT2D eigenvalue weighted by Gasteiger charge is -2.17. The van der Waals surface area contributed by atoms with Crippen molar-refractivity contribution >= 4 is 21.2 Å². The molecule has 0 bridgehead atoms. The Morgan fingerprint density at radius 1 is 1.33 bits per heavy atom. The molecular formula is C13H19N3O4S. The van der Waals surface area contributed by atoms with Gasteiger partial charge in [-0.15, -0.1) is 0 Å². The molecule has 7 nitrogen and oxygen atoms in total. The van der Waals surface area contributed by atoms with E-state index in [9.17, 15) is 18.5 Å². The maximum atomic E-state index is 11.5. The Morgan fingerprint density at radius 3 is 2.76 bits per heavy atom. The van der Waals surface area contributed by atoms with Crippen molar-refractivity contribution in [2.24, 2.45) is 0 Å². The monoisotopic (exact) mass is 313 g/mol. The van der Waals surface area contributed by atoms with Crippen LogP contribution in [0.3, 0.4) is 0 Å². The van der Waals surface area contributed by atoms with Gasteiger partial charge in [0, 0.05) is 18.4 Å². The minimum Gasteiger partial charge on any atom is -0.377 e. The molecule has 1 unspecified atom stereocenters. The predicted molar refractivity (Wildman–Crippen MR) is 80.3 cm³/mol. The number of benzene rings is 1. The van der Waals surface area contributed by atoms with Gasteiger partial charge in [0.05, 0.1) is 9.82 Å². The van der Waals surface area contributed by atoms with E-state index < -0.39 is 14.8 Å². The smallest absolute Gasteiger partial charge is 0.293 e. The lowest BCUT2D eigenvalue weighted by molar-refractivity contribution is -0.384. The molecule has 0 radical (unpaired) electrons. The molecule has 0 saturated carbocycles. The average Bonchev–Trinajstić information content (AvgIpc) is 2.66. The van der Waals surface area contributed by atoms with Crippen molar-refractivity contribution in [3.8, 4) is 0 Å². The fraction of sp³-hybridized carbons (Fsp3) is 0.538. The lowest BCUT2D eigenvalue weighted by Crippen LogP contribution is -2.22. The van der Waals surface area contributed by atoms with E-state index in [0.717, 1.165) is 44.7 Å². The molecular weight excluding hydrogens is 294 g/mol. The fourth-order valence-corrected chi connectivity index (χ4v) is 3.04. The van der Waals surface area contributed by atoms with Gasteiger partial charge in [-0.2, -0.15) is 0 Å². The van der Waals surface area contributed by atoms with Crippen LogP contribution < -0.4 is 10.6 Å². The number of anilines is 1. The van der Waals surface area contributed by atoms with Crippen LogP contribution in [0.25, 0.3) is 0 Å². The Labute approximate surface area is 123 Å². The van der Waals surface area contributed by atoms with Crippen molar-refractivity contribution < 1.29 is 13.3 Å². The first kappa shape index (κ1) is 15.7. The Morgan fingerprint density at radius 2 is 2.10 bits per heavy atom. The zero-order chi connectivity index (χ0) is 15.5. The third kappa shape index (κ3) is 4.15. The summed E-state index contributed by atoms with van der Waals surface area (Å²) in [6.45, 7) is 1.82. The Hall–Kier alpha value is -1.67. The maximum Gasteiger partial charge on any atom is 0.293 e. The topological polar surface area (TPSA) is 101 Å². The number of sulfone groups is 1. The van der Waals surface area contributed by atoms with Crippen molar-refractivity contribution in [3.63, 3.8) is 0 Å². The summed E-state index contributed by atoms with van der Waals surface area (Å²) in [5.74, 6) is 0. The molecule has 0 aromatic heterocycles. The number of hydrogen-bond donors (Lipinski definition) is 2. The summed E-state index contributed by atoms with van der Waals surface area (Å²) >= 11 is 0. The van der Waals surface area contributed by atoms with Crippen LogP contribution in [0.1, 0.15) is 19.3 Å². The summed E-state index contributed by atoms with van der Waals surface area (Å²) in [6.07, 6.45) is 3.85. The van der Waals surface area contributed by atoms with Gasteiger partial charge >= 0.3 is 0 Å². The van der Waals surface area contributed by atoms with E-state index in [0.29, 0.717) is 5.69 Å². The van der Waals surface area contributed by atoms with Crippen LogP contribution in [0.4, 0.5) is 11.4 Å². The second-order valence-electron chi connectivity index (χ2n) is 5.23. The molecule has 1 aliphatic heterocycles. The molecule has 21 heavy (non-hydrogen) atoms. The summed E-state index contributed by atoms with van der Waals surface area (Å²) in [4.78, 5) is 10.6. The number of nitro groups is 1. The first-order chi connectivity index (χ1) is 9.88.